The molecule has 2 aromatic heterocycles. The maximum atomic E-state index is 12.3. The highest BCUT2D eigenvalue weighted by Crippen LogP contribution is 2.15. The van der Waals surface area contributed by atoms with E-state index in [1.807, 2.05) is 18.2 Å². The summed E-state index contributed by atoms with van der Waals surface area (Å²) in [6.07, 6.45) is 2.56. The van der Waals surface area contributed by atoms with Crippen molar-refractivity contribution in [2.75, 3.05) is 6.54 Å². The van der Waals surface area contributed by atoms with Crippen LogP contribution in [0.5, 0.6) is 0 Å². The smallest absolute Gasteiger partial charge is 0.255 e. The number of carbonyl (C=O) groups excluding carboxylic acids is 1. The van der Waals surface area contributed by atoms with Crippen LogP contribution in [0.3, 0.4) is 0 Å². The third kappa shape index (κ3) is 4.05. The molecule has 3 rings (SSSR count). The van der Waals surface area contributed by atoms with E-state index in [0.717, 1.165) is 0 Å². The second kappa shape index (κ2) is 7.63. The average molecular weight is 338 g/mol. The van der Waals surface area contributed by atoms with Crippen LogP contribution in [0.2, 0.25) is 0 Å². The Kier molecular flexibility index (Phi) is 5.11. The summed E-state index contributed by atoms with van der Waals surface area (Å²) in [6.45, 7) is 0.283. The molecule has 2 heterocycles. The molecule has 6 heteroatoms. The number of amides is 1. The monoisotopic (exact) mass is 338 g/mol. The van der Waals surface area contributed by atoms with E-state index in [0.29, 0.717) is 23.4 Å². The van der Waals surface area contributed by atoms with Crippen LogP contribution in [0.15, 0.2) is 76.3 Å². The predicted octanol–water partition coefficient (Wildman–Crippen LogP) is 2.28. The minimum atomic E-state index is -0.770. The molecule has 0 saturated heterocycles. The van der Waals surface area contributed by atoms with Crippen LogP contribution < -0.4 is 10.9 Å². The molecule has 0 bridgehead atoms. The van der Waals surface area contributed by atoms with Gasteiger partial charge in [-0.1, -0.05) is 18.2 Å². The van der Waals surface area contributed by atoms with Crippen LogP contribution in [-0.2, 0) is 0 Å². The lowest BCUT2D eigenvalue weighted by Crippen LogP contribution is -2.27. The van der Waals surface area contributed by atoms with Crippen molar-refractivity contribution in [1.29, 1.82) is 0 Å². The molecule has 0 aliphatic rings. The Labute approximate surface area is 144 Å². The lowest BCUT2D eigenvalue weighted by molar-refractivity contribution is 0.0935. The number of para-hydroxylation sites is 1. The van der Waals surface area contributed by atoms with Crippen LogP contribution in [-0.4, -0.2) is 22.1 Å². The summed E-state index contributed by atoms with van der Waals surface area (Å²) in [6, 6.07) is 15.3. The average Bonchev–Trinajstić information content (AvgIpc) is 3.17. The molecule has 0 spiro atoms. The van der Waals surface area contributed by atoms with Gasteiger partial charge in [-0.15, -0.1) is 0 Å². The van der Waals surface area contributed by atoms with Gasteiger partial charge in [-0.25, -0.2) is 0 Å². The number of benzene rings is 1. The lowest BCUT2D eigenvalue weighted by Gasteiger charge is -2.10. The third-order valence-electron chi connectivity index (χ3n) is 3.78. The highest BCUT2D eigenvalue weighted by atomic mass is 16.4. The maximum absolute atomic E-state index is 12.3. The van der Waals surface area contributed by atoms with E-state index in [-0.39, 0.29) is 18.0 Å². The standard InChI is InChI=1S/C19H18N2O4/c22-16(17-7-4-12-25-17)10-11-20-19(24)14-8-9-18(23)21(13-14)15-5-2-1-3-6-15/h1-9,12-13,16,22H,10-11H2,(H,20,24). The van der Waals surface area contributed by atoms with E-state index in [2.05, 4.69) is 5.32 Å². The minimum Gasteiger partial charge on any atom is -0.467 e. The zero-order chi connectivity index (χ0) is 17.6. The Balaban J connectivity index is 1.65. The van der Waals surface area contributed by atoms with Gasteiger partial charge >= 0.3 is 0 Å². The van der Waals surface area contributed by atoms with Gasteiger partial charge in [0.1, 0.15) is 11.9 Å². The van der Waals surface area contributed by atoms with Crippen molar-refractivity contribution >= 4 is 5.91 Å². The number of aliphatic hydroxyl groups is 1. The summed E-state index contributed by atoms with van der Waals surface area (Å²) in [4.78, 5) is 24.3. The maximum Gasteiger partial charge on any atom is 0.255 e. The molecule has 25 heavy (non-hydrogen) atoms. The molecular weight excluding hydrogens is 320 g/mol. The van der Waals surface area contributed by atoms with Crippen LogP contribution >= 0.6 is 0 Å². The molecule has 0 fully saturated rings. The van der Waals surface area contributed by atoms with E-state index >= 15 is 0 Å². The second-order valence-corrected chi connectivity index (χ2v) is 5.54. The van der Waals surface area contributed by atoms with Crippen LogP contribution in [0.4, 0.5) is 0 Å². The first kappa shape index (κ1) is 16.7. The molecule has 1 aromatic carbocycles. The Morgan fingerprint density at radius 2 is 1.92 bits per heavy atom. The first-order chi connectivity index (χ1) is 12.1. The molecule has 0 aliphatic heterocycles. The Morgan fingerprint density at radius 3 is 2.64 bits per heavy atom. The van der Waals surface area contributed by atoms with Crippen molar-refractivity contribution in [2.24, 2.45) is 0 Å². The van der Waals surface area contributed by atoms with E-state index in [9.17, 15) is 14.7 Å². The van der Waals surface area contributed by atoms with Crippen molar-refractivity contribution in [3.05, 3.63) is 88.7 Å². The summed E-state index contributed by atoms with van der Waals surface area (Å²) in [7, 11) is 0. The van der Waals surface area contributed by atoms with Gasteiger partial charge < -0.3 is 14.8 Å². The van der Waals surface area contributed by atoms with Crippen molar-refractivity contribution < 1.29 is 14.3 Å². The van der Waals surface area contributed by atoms with Gasteiger partial charge in [0.15, 0.2) is 0 Å². The number of hydrogen-bond acceptors (Lipinski definition) is 4. The van der Waals surface area contributed by atoms with Gasteiger partial charge in [0.05, 0.1) is 11.8 Å². The van der Waals surface area contributed by atoms with Crippen molar-refractivity contribution in [2.45, 2.75) is 12.5 Å². The summed E-state index contributed by atoms with van der Waals surface area (Å²) in [5.74, 6) is 0.156. The Hall–Kier alpha value is -3.12. The number of nitrogens with one attached hydrogen (secondary N) is 1. The van der Waals surface area contributed by atoms with E-state index in [4.69, 9.17) is 4.42 Å². The van der Waals surface area contributed by atoms with Crippen LogP contribution in [0.1, 0.15) is 28.6 Å². The number of nitrogens with zero attached hydrogens (tertiary/aromatic N) is 1. The number of furan rings is 1. The zero-order valence-corrected chi connectivity index (χ0v) is 13.5. The molecule has 0 saturated carbocycles. The molecule has 1 atom stereocenters. The summed E-state index contributed by atoms with van der Waals surface area (Å²) in [5, 5.41) is 12.7. The molecule has 0 aliphatic carbocycles. The Bertz CT molecular complexity index is 885. The first-order valence-corrected chi connectivity index (χ1v) is 7.93. The molecule has 2 N–H and O–H groups in total. The first-order valence-electron chi connectivity index (χ1n) is 7.93. The van der Waals surface area contributed by atoms with E-state index < -0.39 is 6.10 Å². The number of aliphatic hydroxyl groups excluding tert-OH is 1. The third-order valence-corrected chi connectivity index (χ3v) is 3.78. The van der Waals surface area contributed by atoms with Gasteiger partial charge in [-0.05, 0) is 36.8 Å². The lowest BCUT2D eigenvalue weighted by atomic mass is 10.2. The number of pyridine rings is 1. The molecule has 1 unspecified atom stereocenters. The summed E-state index contributed by atoms with van der Waals surface area (Å²) < 4.78 is 6.54. The normalized spacial score (nSPS) is 11.9. The fourth-order valence-electron chi connectivity index (χ4n) is 2.46. The largest absolute Gasteiger partial charge is 0.467 e. The highest BCUT2D eigenvalue weighted by molar-refractivity contribution is 5.93. The molecule has 0 radical (unpaired) electrons. The van der Waals surface area contributed by atoms with E-state index in [1.165, 1.54) is 29.2 Å². The zero-order valence-electron chi connectivity index (χ0n) is 13.5. The van der Waals surface area contributed by atoms with Gasteiger partial charge in [0.2, 0.25) is 0 Å². The molecule has 6 nitrogen and oxygen atoms in total. The summed E-state index contributed by atoms with van der Waals surface area (Å²) in [5.41, 5.74) is 0.849. The van der Waals surface area contributed by atoms with Crippen molar-refractivity contribution in [3.63, 3.8) is 0 Å². The minimum absolute atomic E-state index is 0.212. The topological polar surface area (TPSA) is 84.5 Å². The fraction of sp³-hybridized carbons (Fsp3) is 0.158. The van der Waals surface area contributed by atoms with Crippen LogP contribution in [0, 0.1) is 0 Å². The van der Waals surface area contributed by atoms with Gasteiger partial charge in [-0.2, -0.15) is 0 Å². The van der Waals surface area contributed by atoms with E-state index in [1.54, 1.807) is 24.3 Å². The van der Waals surface area contributed by atoms with Gasteiger partial charge in [0.25, 0.3) is 11.5 Å². The highest BCUT2D eigenvalue weighted by Gasteiger charge is 2.12. The SMILES string of the molecule is O=C(NCCC(O)c1ccco1)c1ccc(=O)n(-c2ccccc2)c1. The predicted molar refractivity (Wildman–Crippen MR) is 92.7 cm³/mol. The molecule has 1 amide bonds. The molecule has 128 valence electrons. The molecular formula is C19H18N2O4. The number of rotatable bonds is 6. The van der Waals surface area contributed by atoms with Crippen molar-refractivity contribution in [3.8, 4) is 5.69 Å². The van der Waals surface area contributed by atoms with Gasteiger partial charge in [-0.3, -0.25) is 14.2 Å². The summed E-state index contributed by atoms with van der Waals surface area (Å²) >= 11 is 0. The number of hydrogen-bond donors (Lipinski definition) is 2. The molecule has 3 aromatic rings. The fourth-order valence-corrected chi connectivity index (χ4v) is 2.46. The number of aromatic nitrogens is 1. The van der Waals surface area contributed by atoms with Crippen LogP contribution in [0.25, 0.3) is 5.69 Å². The second-order valence-electron chi connectivity index (χ2n) is 5.54. The Morgan fingerprint density at radius 1 is 1.12 bits per heavy atom. The van der Waals surface area contributed by atoms with Crippen molar-refractivity contribution in [1.82, 2.24) is 9.88 Å². The quantitative estimate of drug-likeness (QED) is 0.722. The van der Waals surface area contributed by atoms with Gasteiger partial charge in [0, 0.05) is 24.5 Å². The number of carbonyl (C=O) groups is 1.